The summed E-state index contributed by atoms with van der Waals surface area (Å²) >= 11 is 3.89. The number of hydrogen-bond acceptors (Lipinski definition) is 2. The highest BCUT2D eigenvalue weighted by atomic mass is 32.2. The summed E-state index contributed by atoms with van der Waals surface area (Å²) < 4.78 is 0.583. The molecule has 17 heavy (non-hydrogen) atoms. The molecule has 0 aliphatic rings. The Bertz CT molecular complexity index is 384. The van der Waals surface area contributed by atoms with Gasteiger partial charge in [-0.15, -0.1) is 23.5 Å². The molecular formula is C15H16S2. The van der Waals surface area contributed by atoms with Gasteiger partial charge in [0.25, 0.3) is 0 Å². The molecule has 0 spiro atoms. The molecule has 2 aromatic carbocycles. The zero-order valence-corrected chi connectivity index (χ0v) is 11.5. The fourth-order valence-corrected chi connectivity index (χ4v) is 3.92. The highest BCUT2D eigenvalue weighted by molar-refractivity contribution is 8.17. The summed E-state index contributed by atoms with van der Waals surface area (Å²) in [6.45, 7) is 2.25. The first-order valence-electron chi connectivity index (χ1n) is 5.82. The SMILES string of the molecule is CCC(Sc1ccccc1)Sc1ccccc1. The van der Waals surface area contributed by atoms with E-state index in [0.717, 1.165) is 0 Å². The van der Waals surface area contributed by atoms with Gasteiger partial charge in [-0.2, -0.15) is 0 Å². The van der Waals surface area contributed by atoms with Gasteiger partial charge in [0.15, 0.2) is 0 Å². The standard InChI is InChI=1S/C15H16S2/c1-2-15(16-13-9-5-3-6-10-13)17-14-11-7-4-8-12-14/h3-12,15H,2H2,1H3. The van der Waals surface area contributed by atoms with E-state index in [4.69, 9.17) is 0 Å². The Morgan fingerprint density at radius 1 is 0.765 bits per heavy atom. The molecule has 88 valence electrons. The molecule has 0 aliphatic carbocycles. The summed E-state index contributed by atoms with van der Waals surface area (Å²) in [5.41, 5.74) is 0. The Kier molecular flexibility index (Phi) is 5.02. The van der Waals surface area contributed by atoms with Gasteiger partial charge in [-0.3, -0.25) is 0 Å². The van der Waals surface area contributed by atoms with E-state index in [-0.39, 0.29) is 0 Å². The predicted molar refractivity (Wildman–Crippen MR) is 78.7 cm³/mol. The molecule has 0 fully saturated rings. The summed E-state index contributed by atoms with van der Waals surface area (Å²) in [5, 5.41) is 0. The van der Waals surface area contributed by atoms with Crippen LogP contribution in [-0.4, -0.2) is 4.58 Å². The maximum absolute atomic E-state index is 2.25. The van der Waals surface area contributed by atoms with Gasteiger partial charge < -0.3 is 0 Å². The van der Waals surface area contributed by atoms with Crippen LogP contribution in [0, 0.1) is 0 Å². The smallest absolute Gasteiger partial charge is 0.0594 e. The number of benzene rings is 2. The van der Waals surface area contributed by atoms with Crippen LogP contribution in [0.5, 0.6) is 0 Å². The van der Waals surface area contributed by atoms with Crippen LogP contribution in [0.15, 0.2) is 70.5 Å². The van der Waals surface area contributed by atoms with Crippen molar-refractivity contribution in [1.82, 2.24) is 0 Å². The molecule has 2 aromatic rings. The molecule has 0 aliphatic heterocycles. The number of rotatable bonds is 5. The fraction of sp³-hybridized carbons (Fsp3) is 0.200. The lowest BCUT2D eigenvalue weighted by Crippen LogP contribution is -1.93. The molecule has 0 N–H and O–H groups in total. The van der Waals surface area contributed by atoms with E-state index < -0.39 is 0 Å². The van der Waals surface area contributed by atoms with Gasteiger partial charge in [0, 0.05) is 9.79 Å². The summed E-state index contributed by atoms with van der Waals surface area (Å²) in [5.74, 6) is 0. The third-order valence-electron chi connectivity index (χ3n) is 2.35. The summed E-state index contributed by atoms with van der Waals surface area (Å²) in [6, 6.07) is 21.2. The maximum Gasteiger partial charge on any atom is 0.0594 e. The van der Waals surface area contributed by atoms with E-state index in [1.165, 1.54) is 16.2 Å². The van der Waals surface area contributed by atoms with E-state index >= 15 is 0 Å². The molecule has 0 atom stereocenters. The van der Waals surface area contributed by atoms with Gasteiger partial charge in [-0.05, 0) is 30.7 Å². The summed E-state index contributed by atoms with van der Waals surface area (Å²) in [4.78, 5) is 2.70. The Hall–Kier alpha value is -0.860. The molecular weight excluding hydrogens is 244 g/mol. The lowest BCUT2D eigenvalue weighted by Gasteiger charge is -2.13. The van der Waals surface area contributed by atoms with Crippen molar-refractivity contribution in [2.75, 3.05) is 0 Å². The van der Waals surface area contributed by atoms with Gasteiger partial charge in [-0.1, -0.05) is 43.3 Å². The van der Waals surface area contributed by atoms with Crippen molar-refractivity contribution in [3.63, 3.8) is 0 Å². The third-order valence-corrected chi connectivity index (χ3v) is 5.21. The minimum Gasteiger partial charge on any atom is -0.111 e. The third kappa shape index (κ3) is 4.14. The molecule has 0 bridgehead atoms. The number of thioether (sulfide) groups is 2. The van der Waals surface area contributed by atoms with Crippen molar-refractivity contribution in [3.8, 4) is 0 Å². The van der Waals surface area contributed by atoms with Gasteiger partial charge in [0.1, 0.15) is 0 Å². The van der Waals surface area contributed by atoms with E-state index in [2.05, 4.69) is 67.6 Å². The fourth-order valence-electron chi connectivity index (χ4n) is 1.49. The molecule has 0 aromatic heterocycles. The Labute approximate surface area is 112 Å². The second kappa shape index (κ2) is 6.77. The van der Waals surface area contributed by atoms with Crippen molar-refractivity contribution in [3.05, 3.63) is 60.7 Å². The normalized spacial score (nSPS) is 10.7. The Morgan fingerprint density at radius 3 is 1.53 bits per heavy atom. The number of hydrogen-bond donors (Lipinski definition) is 0. The van der Waals surface area contributed by atoms with Gasteiger partial charge in [0.2, 0.25) is 0 Å². The van der Waals surface area contributed by atoms with E-state index in [0.29, 0.717) is 4.58 Å². The molecule has 2 rings (SSSR count). The van der Waals surface area contributed by atoms with Crippen LogP contribution in [-0.2, 0) is 0 Å². The second-order valence-corrected chi connectivity index (χ2v) is 6.55. The molecule has 0 saturated carbocycles. The maximum atomic E-state index is 2.25. The molecule has 0 heterocycles. The van der Waals surface area contributed by atoms with E-state index in [1.54, 1.807) is 0 Å². The molecule has 0 nitrogen and oxygen atoms in total. The Morgan fingerprint density at radius 2 is 1.18 bits per heavy atom. The average molecular weight is 260 g/mol. The topological polar surface area (TPSA) is 0 Å². The lowest BCUT2D eigenvalue weighted by molar-refractivity contribution is 1.05. The molecule has 0 saturated heterocycles. The van der Waals surface area contributed by atoms with Crippen LogP contribution in [0.25, 0.3) is 0 Å². The van der Waals surface area contributed by atoms with Crippen molar-refractivity contribution in [1.29, 1.82) is 0 Å². The van der Waals surface area contributed by atoms with Crippen LogP contribution in [0.3, 0.4) is 0 Å². The van der Waals surface area contributed by atoms with Crippen LogP contribution < -0.4 is 0 Å². The van der Waals surface area contributed by atoms with Gasteiger partial charge >= 0.3 is 0 Å². The highest BCUT2D eigenvalue weighted by Gasteiger charge is 2.09. The highest BCUT2D eigenvalue weighted by Crippen LogP contribution is 2.36. The van der Waals surface area contributed by atoms with Gasteiger partial charge in [0.05, 0.1) is 4.58 Å². The monoisotopic (exact) mass is 260 g/mol. The van der Waals surface area contributed by atoms with Crippen molar-refractivity contribution in [2.24, 2.45) is 0 Å². The zero-order valence-electron chi connectivity index (χ0n) is 9.87. The largest absolute Gasteiger partial charge is 0.111 e. The molecule has 2 heteroatoms. The first-order valence-corrected chi connectivity index (χ1v) is 7.58. The Balaban J connectivity index is 1.98. The van der Waals surface area contributed by atoms with Crippen molar-refractivity contribution in [2.45, 2.75) is 27.7 Å². The molecule has 0 amide bonds. The van der Waals surface area contributed by atoms with Crippen LogP contribution in [0.2, 0.25) is 0 Å². The predicted octanol–water partition coefficient (Wildman–Crippen LogP) is 5.31. The van der Waals surface area contributed by atoms with E-state index in [9.17, 15) is 0 Å². The minimum absolute atomic E-state index is 0.583. The first-order chi connectivity index (χ1) is 8.38. The van der Waals surface area contributed by atoms with Crippen LogP contribution >= 0.6 is 23.5 Å². The van der Waals surface area contributed by atoms with E-state index in [1.807, 2.05) is 23.5 Å². The van der Waals surface area contributed by atoms with Crippen molar-refractivity contribution < 1.29 is 0 Å². The second-order valence-electron chi connectivity index (χ2n) is 3.70. The summed E-state index contributed by atoms with van der Waals surface area (Å²) in [6.07, 6.45) is 1.17. The van der Waals surface area contributed by atoms with Crippen LogP contribution in [0.1, 0.15) is 13.3 Å². The lowest BCUT2D eigenvalue weighted by atomic mass is 10.4. The molecule has 0 radical (unpaired) electrons. The summed E-state index contributed by atoms with van der Waals surface area (Å²) in [7, 11) is 0. The van der Waals surface area contributed by atoms with Gasteiger partial charge in [-0.25, -0.2) is 0 Å². The molecule has 0 unspecified atom stereocenters. The first kappa shape index (κ1) is 12.6. The van der Waals surface area contributed by atoms with Crippen LogP contribution in [0.4, 0.5) is 0 Å². The average Bonchev–Trinajstić information content (AvgIpc) is 2.40. The minimum atomic E-state index is 0.583. The van der Waals surface area contributed by atoms with Crippen molar-refractivity contribution >= 4 is 23.5 Å². The zero-order chi connectivity index (χ0) is 11.9. The quantitative estimate of drug-likeness (QED) is 0.528.